The van der Waals surface area contributed by atoms with Gasteiger partial charge in [0.15, 0.2) is 0 Å². The number of ether oxygens (including phenoxy) is 1. The van der Waals surface area contributed by atoms with E-state index < -0.39 is 5.97 Å². The third-order valence-corrected chi connectivity index (χ3v) is 4.22. The van der Waals surface area contributed by atoms with Crippen LogP contribution in [0.1, 0.15) is 17.3 Å². The molecular weight excluding hydrogens is 312 g/mol. The number of hydrogen-bond donors (Lipinski definition) is 2. The first-order valence-corrected chi connectivity index (χ1v) is 7.89. The summed E-state index contributed by atoms with van der Waals surface area (Å²) >= 11 is 1.40. The number of hydrogen-bond acceptors (Lipinski definition) is 5. The molecule has 0 bridgehead atoms. The Morgan fingerprint density at radius 2 is 1.91 bits per heavy atom. The van der Waals surface area contributed by atoms with Crippen molar-refractivity contribution in [3.8, 4) is 0 Å². The zero-order chi connectivity index (χ0) is 16.8. The number of thioether (sulfide) groups is 1. The summed E-state index contributed by atoms with van der Waals surface area (Å²) in [5.41, 5.74) is 7.15. The zero-order valence-corrected chi connectivity index (χ0v) is 13.7. The quantitative estimate of drug-likeness (QED) is 0.500. The number of para-hydroxylation sites is 1. The highest BCUT2D eigenvalue weighted by Crippen LogP contribution is 2.26. The molecule has 120 valence electrons. The molecule has 1 unspecified atom stereocenters. The van der Waals surface area contributed by atoms with Crippen molar-refractivity contribution >= 4 is 35.0 Å². The molecule has 1 atom stereocenters. The topological polar surface area (TPSA) is 81.4 Å². The molecule has 0 aliphatic carbocycles. The van der Waals surface area contributed by atoms with Crippen molar-refractivity contribution in [1.29, 1.82) is 0 Å². The molecule has 5 nitrogen and oxygen atoms in total. The molecule has 0 spiro atoms. The van der Waals surface area contributed by atoms with E-state index in [1.54, 1.807) is 37.3 Å². The molecule has 0 fully saturated rings. The molecule has 2 aromatic carbocycles. The monoisotopic (exact) mass is 330 g/mol. The average molecular weight is 330 g/mol. The van der Waals surface area contributed by atoms with Gasteiger partial charge in [0.25, 0.3) is 0 Å². The number of anilines is 2. The number of esters is 1. The summed E-state index contributed by atoms with van der Waals surface area (Å²) in [6.45, 7) is 1.80. The number of amides is 1. The van der Waals surface area contributed by atoms with Crippen molar-refractivity contribution in [2.75, 3.05) is 18.2 Å². The highest BCUT2D eigenvalue weighted by molar-refractivity contribution is 8.00. The van der Waals surface area contributed by atoms with Crippen LogP contribution in [-0.4, -0.2) is 24.2 Å². The highest BCUT2D eigenvalue weighted by atomic mass is 32.2. The lowest BCUT2D eigenvalue weighted by Crippen LogP contribution is -2.23. The van der Waals surface area contributed by atoms with E-state index in [-0.39, 0.29) is 11.2 Å². The number of benzene rings is 2. The molecule has 2 rings (SSSR count). The lowest BCUT2D eigenvalue weighted by Gasteiger charge is -2.14. The van der Waals surface area contributed by atoms with E-state index in [0.717, 1.165) is 4.90 Å². The minimum absolute atomic E-state index is 0.200. The first-order chi connectivity index (χ1) is 11.0. The Bertz CT molecular complexity index is 718. The number of carbonyl (C=O) groups excluding carboxylic acids is 2. The Balaban J connectivity index is 2.08. The van der Waals surface area contributed by atoms with Crippen LogP contribution in [0.25, 0.3) is 0 Å². The van der Waals surface area contributed by atoms with Crippen LogP contribution >= 0.6 is 11.8 Å². The number of nitrogens with two attached hydrogens (primary N) is 1. The van der Waals surface area contributed by atoms with Crippen molar-refractivity contribution < 1.29 is 14.3 Å². The fourth-order valence-corrected chi connectivity index (χ4v) is 2.90. The zero-order valence-electron chi connectivity index (χ0n) is 12.9. The van der Waals surface area contributed by atoms with Gasteiger partial charge in [0, 0.05) is 10.6 Å². The molecule has 0 saturated heterocycles. The highest BCUT2D eigenvalue weighted by Gasteiger charge is 2.18. The second-order valence-electron chi connectivity index (χ2n) is 4.86. The van der Waals surface area contributed by atoms with Gasteiger partial charge in [-0.1, -0.05) is 18.2 Å². The van der Waals surface area contributed by atoms with Crippen molar-refractivity contribution in [3.05, 3.63) is 54.1 Å². The maximum Gasteiger partial charge on any atom is 0.339 e. The van der Waals surface area contributed by atoms with Gasteiger partial charge in [-0.05, 0) is 37.3 Å². The van der Waals surface area contributed by atoms with Crippen LogP contribution in [0.3, 0.4) is 0 Å². The number of carbonyl (C=O) groups is 2. The van der Waals surface area contributed by atoms with E-state index in [9.17, 15) is 9.59 Å². The van der Waals surface area contributed by atoms with Crippen molar-refractivity contribution in [3.63, 3.8) is 0 Å². The van der Waals surface area contributed by atoms with Gasteiger partial charge in [0.05, 0.1) is 23.6 Å². The molecule has 0 heterocycles. The summed E-state index contributed by atoms with van der Waals surface area (Å²) < 4.78 is 4.72. The predicted octanol–water partition coefficient (Wildman–Crippen LogP) is 3.17. The van der Waals surface area contributed by atoms with E-state index in [1.807, 2.05) is 18.2 Å². The van der Waals surface area contributed by atoms with E-state index in [4.69, 9.17) is 10.5 Å². The fourth-order valence-electron chi connectivity index (χ4n) is 1.96. The van der Waals surface area contributed by atoms with E-state index in [2.05, 4.69) is 5.32 Å². The maximum atomic E-state index is 12.3. The standard InChI is InChI=1S/C17H18N2O3S/c1-11(23-13-7-5-6-12(18)10-13)16(20)19-15-9-4-3-8-14(15)17(21)22-2/h3-11H,18H2,1-2H3,(H,19,20). The SMILES string of the molecule is COC(=O)c1ccccc1NC(=O)C(C)Sc1cccc(N)c1. The summed E-state index contributed by atoms with van der Waals surface area (Å²) in [6, 6.07) is 14.1. The number of nitrogen functional groups attached to an aromatic ring is 1. The van der Waals surface area contributed by atoms with Gasteiger partial charge in [-0.15, -0.1) is 11.8 Å². The number of rotatable bonds is 5. The van der Waals surface area contributed by atoms with Gasteiger partial charge in [0.1, 0.15) is 0 Å². The first kappa shape index (κ1) is 16.9. The maximum absolute atomic E-state index is 12.3. The first-order valence-electron chi connectivity index (χ1n) is 7.01. The van der Waals surface area contributed by atoms with Gasteiger partial charge in [-0.2, -0.15) is 0 Å². The van der Waals surface area contributed by atoms with Crippen LogP contribution in [0.15, 0.2) is 53.4 Å². The predicted molar refractivity (Wildman–Crippen MR) is 92.6 cm³/mol. The molecular formula is C17H18N2O3S. The Morgan fingerprint density at radius 1 is 1.17 bits per heavy atom. The summed E-state index contributed by atoms with van der Waals surface area (Å²) in [5.74, 6) is -0.689. The van der Waals surface area contributed by atoms with Gasteiger partial charge in [0.2, 0.25) is 5.91 Å². The van der Waals surface area contributed by atoms with Gasteiger partial charge in [-0.3, -0.25) is 4.79 Å². The van der Waals surface area contributed by atoms with Crippen LogP contribution in [0.4, 0.5) is 11.4 Å². The molecule has 1 amide bonds. The Kier molecular flexibility index (Phi) is 5.65. The molecule has 0 aliphatic heterocycles. The minimum Gasteiger partial charge on any atom is -0.465 e. The van der Waals surface area contributed by atoms with Crippen LogP contribution in [-0.2, 0) is 9.53 Å². The fraction of sp³-hybridized carbons (Fsp3) is 0.176. The van der Waals surface area contributed by atoms with E-state index >= 15 is 0 Å². The van der Waals surface area contributed by atoms with Crippen molar-refractivity contribution in [1.82, 2.24) is 0 Å². The summed E-state index contributed by atoms with van der Waals surface area (Å²) in [4.78, 5) is 25.0. The molecule has 23 heavy (non-hydrogen) atoms. The minimum atomic E-state index is -0.489. The molecule has 2 aromatic rings. The Hall–Kier alpha value is -2.47. The summed E-state index contributed by atoms with van der Waals surface area (Å²) in [7, 11) is 1.30. The molecule has 0 aliphatic rings. The largest absolute Gasteiger partial charge is 0.465 e. The molecule has 0 radical (unpaired) electrons. The van der Waals surface area contributed by atoms with E-state index in [1.165, 1.54) is 18.9 Å². The van der Waals surface area contributed by atoms with Crippen LogP contribution < -0.4 is 11.1 Å². The molecule has 0 aromatic heterocycles. The van der Waals surface area contributed by atoms with Gasteiger partial charge in [-0.25, -0.2) is 4.79 Å². The third-order valence-electron chi connectivity index (χ3n) is 3.13. The van der Waals surface area contributed by atoms with Crippen molar-refractivity contribution in [2.24, 2.45) is 0 Å². The normalized spacial score (nSPS) is 11.6. The van der Waals surface area contributed by atoms with E-state index in [0.29, 0.717) is 16.9 Å². The molecule has 3 N–H and O–H groups in total. The Morgan fingerprint density at radius 3 is 2.61 bits per heavy atom. The van der Waals surface area contributed by atoms with Crippen LogP contribution in [0, 0.1) is 0 Å². The summed E-state index contributed by atoms with van der Waals surface area (Å²) in [6.07, 6.45) is 0. The second kappa shape index (κ2) is 7.69. The lowest BCUT2D eigenvalue weighted by molar-refractivity contribution is -0.115. The van der Waals surface area contributed by atoms with Gasteiger partial charge < -0.3 is 15.8 Å². The van der Waals surface area contributed by atoms with Crippen LogP contribution in [0.2, 0.25) is 0 Å². The number of methoxy groups -OCH3 is 1. The van der Waals surface area contributed by atoms with Gasteiger partial charge >= 0.3 is 5.97 Å². The smallest absolute Gasteiger partial charge is 0.339 e. The van der Waals surface area contributed by atoms with Crippen LogP contribution in [0.5, 0.6) is 0 Å². The Labute approximate surface area is 139 Å². The molecule has 6 heteroatoms. The number of nitrogens with one attached hydrogen (secondary N) is 1. The third kappa shape index (κ3) is 4.50. The second-order valence-corrected chi connectivity index (χ2v) is 6.27. The lowest BCUT2D eigenvalue weighted by atomic mass is 10.2. The average Bonchev–Trinajstić information content (AvgIpc) is 2.54. The van der Waals surface area contributed by atoms with Crippen molar-refractivity contribution in [2.45, 2.75) is 17.1 Å². The molecule has 0 saturated carbocycles. The summed E-state index contributed by atoms with van der Waals surface area (Å²) in [5, 5.41) is 2.42.